The van der Waals surface area contributed by atoms with Gasteiger partial charge in [0.05, 0.1) is 6.42 Å². The average Bonchev–Trinajstić information content (AvgIpc) is 2.10. The quantitative estimate of drug-likeness (QED) is 0.552. The van der Waals surface area contributed by atoms with Gasteiger partial charge in [-0.25, -0.2) is 0 Å². The average molecular weight is 162 g/mol. The first-order valence-corrected chi connectivity index (χ1v) is 2.96. The van der Waals surface area contributed by atoms with Gasteiger partial charge in [-0.2, -0.15) is 0 Å². The zero-order valence-corrected chi connectivity index (χ0v) is 5.59. The number of methoxy groups -OCH3 is 1. The molecule has 3 heteroatoms. The van der Waals surface area contributed by atoms with Gasteiger partial charge in [-0.3, -0.25) is 4.79 Å². The van der Waals surface area contributed by atoms with Crippen molar-refractivity contribution in [3.05, 3.63) is 0 Å². The molecule has 68 valence electrons. The highest BCUT2D eigenvalue weighted by Crippen LogP contribution is 2.20. The van der Waals surface area contributed by atoms with Gasteiger partial charge in [0.25, 0.3) is 0 Å². The lowest BCUT2D eigenvalue weighted by Crippen LogP contribution is -2.15. The minimum Gasteiger partial charge on any atom is -0.435 e. The molecule has 1 aliphatic heterocycles. The molecule has 1 rings (SSSR count). The third kappa shape index (κ3) is 2.89. The first-order chi connectivity index (χ1) is 4.24. The second-order valence-corrected chi connectivity index (χ2v) is 2.28. The van der Waals surface area contributed by atoms with Crippen molar-refractivity contribution in [2.45, 2.75) is 34.5 Å². The highest BCUT2D eigenvalue weighted by atomic mass is 16.7. The van der Waals surface area contributed by atoms with E-state index in [0.717, 1.165) is 0 Å². The van der Waals surface area contributed by atoms with Gasteiger partial charge in [0.15, 0.2) is 0 Å². The van der Waals surface area contributed by atoms with E-state index in [-0.39, 0.29) is 33.0 Å². The van der Waals surface area contributed by atoms with Crippen LogP contribution in [0.5, 0.6) is 0 Å². The number of ether oxygens (including phenoxy) is 2. The summed E-state index contributed by atoms with van der Waals surface area (Å²) in [5.41, 5.74) is 0. The molecule has 0 bridgehead atoms. The van der Waals surface area contributed by atoms with Crippen LogP contribution in [0, 0.1) is 5.92 Å². The van der Waals surface area contributed by atoms with Gasteiger partial charge in [0, 0.05) is 13.0 Å². The van der Waals surface area contributed by atoms with E-state index in [0.29, 0.717) is 6.42 Å². The summed E-state index contributed by atoms with van der Waals surface area (Å²) in [7, 11) is 1.54. The van der Waals surface area contributed by atoms with Gasteiger partial charge < -0.3 is 9.47 Å². The summed E-state index contributed by atoms with van der Waals surface area (Å²) in [4.78, 5) is 10.5. The molecule has 0 spiro atoms. The van der Waals surface area contributed by atoms with Gasteiger partial charge in [0.2, 0.25) is 6.29 Å². The van der Waals surface area contributed by atoms with Crippen LogP contribution in [0.4, 0.5) is 0 Å². The lowest BCUT2D eigenvalue weighted by molar-refractivity contribution is -0.160. The van der Waals surface area contributed by atoms with Crippen LogP contribution in [-0.2, 0) is 14.3 Å². The van der Waals surface area contributed by atoms with Crippen molar-refractivity contribution < 1.29 is 14.3 Å². The molecule has 1 heterocycles. The Kier molecular flexibility index (Phi) is 6.09. The summed E-state index contributed by atoms with van der Waals surface area (Å²) < 4.78 is 9.61. The van der Waals surface area contributed by atoms with E-state index in [2.05, 4.69) is 0 Å². The fourth-order valence-electron chi connectivity index (χ4n) is 0.933. The van der Waals surface area contributed by atoms with Crippen LogP contribution in [0.25, 0.3) is 0 Å². The summed E-state index contributed by atoms with van der Waals surface area (Å²) in [6, 6.07) is 0. The molecule has 1 aliphatic rings. The maximum atomic E-state index is 10.5. The molecule has 0 aromatic carbocycles. The summed E-state index contributed by atoms with van der Waals surface area (Å²) in [5.74, 6) is 0.0526. The minimum atomic E-state index is -0.308. The van der Waals surface area contributed by atoms with Gasteiger partial charge in [-0.05, 0) is 0 Å². The molecule has 0 amide bonds. The Bertz CT molecular complexity index is 123. The van der Waals surface area contributed by atoms with Crippen molar-refractivity contribution in [3.8, 4) is 0 Å². The van der Waals surface area contributed by atoms with E-state index in [1.165, 1.54) is 0 Å². The van der Waals surface area contributed by atoms with E-state index < -0.39 is 0 Å². The van der Waals surface area contributed by atoms with Gasteiger partial charge in [-0.1, -0.05) is 21.8 Å². The van der Waals surface area contributed by atoms with Gasteiger partial charge in [0.1, 0.15) is 0 Å². The maximum Gasteiger partial charge on any atom is 0.308 e. The fraction of sp³-hybridized carbons (Fsp3) is 0.875. The number of hydrogen-bond acceptors (Lipinski definition) is 3. The number of esters is 1. The van der Waals surface area contributed by atoms with Crippen molar-refractivity contribution in [2.75, 3.05) is 7.11 Å². The number of cyclic esters (lactones) is 1. The lowest BCUT2D eigenvalue weighted by Gasteiger charge is -2.09. The number of carbonyl (C=O) groups is 1. The zero-order valence-electron chi connectivity index (χ0n) is 5.59. The smallest absolute Gasteiger partial charge is 0.308 e. The molecule has 11 heavy (non-hydrogen) atoms. The second-order valence-electron chi connectivity index (χ2n) is 2.28. The molecule has 2 atom stereocenters. The van der Waals surface area contributed by atoms with Crippen LogP contribution in [-0.4, -0.2) is 19.4 Å². The Labute approximate surface area is 68.7 Å². The molecular formula is C8H18O3. The van der Waals surface area contributed by atoms with Gasteiger partial charge >= 0.3 is 5.97 Å². The Morgan fingerprint density at radius 3 is 2.27 bits per heavy atom. The van der Waals surface area contributed by atoms with Crippen molar-refractivity contribution >= 4 is 5.97 Å². The van der Waals surface area contributed by atoms with Crippen LogP contribution in [0.2, 0.25) is 0 Å². The second kappa shape index (κ2) is 5.13. The molecule has 0 aromatic heterocycles. The third-order valence-corrected chi connectivity index (χ3v) is 1.43. The number of carbonyl (C=O) groups excluding carboxylic acids is 1. The molecule has 0 aromatic rings. The van der Waals surface area contributed by atoms with Crippen molar-refractivity contribution in [3.63, 3.8) is 0 Å². The van der Waals surface area contributed by atoms with Crippen LogP contribution in [0.15, 0.2) is 0 Å². The largest absolute Gasteiger partial charge is 0.435 e. The first-order valence-electron chi connectivity index (χ1n) is 2.96. The highest BCUT2D eigenvalue weighted by Gasteiger charge is 2.30. The Morgan fingerprint density at radius 2 is 2.09 bits per heavy atom. The van der Waals surface area contributed by atoms with Crippen LogP contribution < -0.4 is 0 Å². The van der Waals surface area contributed by atoms with Crippen LogP contribution >= 0.6 is 0 Å². The Morgan fingerprint density at radius 1 is 1.55 bits per heavy atom. The zero-order chi connectivity index (χ0) is 6.85. The van der Waals surface area contributed by atoms with Gasteiger partial charge in [-0.15, -0.1) is 0 Å². The fourth-order valence-corrected chi connectivity index (χ4v) is 0.933. The molecule has 2 unspecified atom stereocenters. The van der Waals surface area contributed by atoms with E-state index in [9.17, 15) is 4.79 Å². The SMILES string of the molecule is C.C.COC1OC(=O)CC1C. The lowest BCUT2D eigenvalue weighted by atomic mass is 10.1. The highest BCUT2D eigenvalue weighted by molar-refractivity contribution is 5.71. The molecule has 0 saturated carbocycles. The predicted octanol–water partition coefficient (Wildman–Crippen LogP) is 1.81. The monoisotopic (exact) mass is 162 g/mol. The van der Waals surface area contributed by atoms with E-state index in [1.54, 1.807) is 7.11 Å². The van der Waals surface area contributed by atoms with Crippen LogP contribution in [0.3, 0.4) is 0 Å². The molecule has 3 nitrogen and oxygen atoms in total. The van der Waals surface area contributed by atoms with E-state index >= 15 is 0 Å². The third-order valence-electron chi connectivity index (χ3n) is 1.43. The summed E-state index contributed by atoms with van der Waals surface area (Å²) in [6.07, 6.45) is 0.177. The summed E-state index contributed by atoms with van der Waals surface area (Å²) >= 11 is 0. The molecule has 0 aliphatic carbocycles. The number of rotatable bonds is 1. The first kappa shape index (κ1) is 13.1. The topological polar surface area (TPSA) is 35.5 Å². The van der Waals surface area contributed by atoms with Crippen molar-refractivity contribution in [1.29, 1.82) is 0 Å². The molecule has 0 radical (unpaired) electrons. The summed E-state index contributed by atoms with van der Waals surface area (Å²) in [6.45, 7) is 1.93. The predicted molar refractivity (Wildman–Crippen MR) is 44.1 cm³/mol. The van der Waals surface area contributed by atoms with E-state index in [1.807, 2.05) is 6.92 Å². The van der Waals surface area contributed by atoms with E-state index in [4.69, 9.17) is 9.47 Å². The number of hydrogen-bond donors (Lipinski definition) is 0. The standard InChI is InChI=1S/C6H10O3.2CH4/c1-4-3-5(7)9-6(4)8-2;;/h4,6H,3H2,1-2H3;2*1H4. The Hall–Kier alpha value is -0.570. The minimum absolute atomic E-state index is 0. The molecular weight excluding hydrogens is 144 g/mol. The normalized spacial score (nSPS) is 28.4. The summed E-state index contributed by atoms with van der Waals surface area (Å²) in [5, 5.41) is 0. The van der Waals surface area contributed by atoms with Crippen molar-refractivity contribution in [2.24, 2.45) is 5.92 Å². The molecule has 1 fully saturated rings. The molecule has 0 N–H and O–H groups in total. The maximum absolute atomic E-state index is 10.5. The Balaban J connectivity index is 0. The molecule has 1 saturated heterocycles. The van der Waals surface area contributed by atoms with Crippen LogP contribution in [0.1, 0.15) is 28.2 Å². The van der Waals surface area contributed by atoms with Crippen molar-refractivity contribution in [1.82, 2.24) is 0 Å².